The van der Waals surface area contributed by atoms with E-state index in [1.54, 1.807) is 0 Å². The number of rotatable bonds is 0. The van der Waals surface area contributed by atoms with Gasteiger partial charge < -0.3 is 25.2 Å². The van der Waals surface area contributed by atoms with Crippen LogP contribution in [0.4, 0.5) is 0 Å². The number of hydrogen-bond donors (Lipinski definition) is 3. The Morgan fingerprint density at radius 2 is 0.722 bits per heavy atom. The molecule has 0 saturated carbocycles. The molecule has 1 unspecified atom stereocenters. The quantitative estimate of drug-likeness (QED) is 0.300. The molecule has 0 aliphatic rings. The third-order valence-electron chi connectivity index (χ3n) is 0. The van der Waals surface area contributed by atoms with Crippen LogP contribution in [-0.2, 0) is 19.2 Å². The zero-order valence-electron chi connectivity index (χ0n) is 11.1. The van der Waals surface area contributed by atoms with Crippen LogP contribution in [0.3, 0.4) is 0 Å². The van der Waals surface area contributed by atoms with Crippen LogP contribution in [0.5, 0.6) is 0 Å². The third kappa shape index (κ3) is 2420. The largest absolute Gasteiger partial charge is 1.00 e. The molecular formula is C8H18LiO8P. The van der Waals surface area contributed by atoms with Gasteiger partial charge in [-0.1, -0.05) is 0 Å². The number of hydrogen-bond acceptors (Lipinski definition) is 5. The molecule has 18 heavy (non-hydrogen) atoms. The Morgan fingerprint density at radius 3 is 0.722 bits per heavy atom. The average Bonchev–Trinajstić information content (AvgIpc) is 1.76. The van der Waals surface area contributed by atoms with Crippen molar-refractivity contribution >= 4 is 33.8 Å². The molecule has 0 aromatic rings. The molecule has 0 spiro atoms. The van der Waals surface area contributed by atoms with Crippen LogP contribution in [0.1, 0.15) is 27.7 Å². The van der Waals surface area contributed by atoms with Gasteiger partial charge in [-0.25, -0.2) is 0 Å². The molecule has 0 amide bonds. The van der Waals surface area contributed by atoms with Crippen molar-refractivity contribution in [2.45, 2.75) is 27.7 Å². The van der Waals surface area contributed by atoms with Gasteiger partial charge in [0.15, 0.2) is 0 Å². The predicted octanol–water partition coefficient (Wildman–Crippen LogP) is -3.91. The van der Waals surface area contributed by atoms with Crippen LogP contribution in [0.15, 0.2) is 0 Å². The Balaban J connectivity index is -0.0000000257. The van der Waals surface area contributed by atoms with E-state index in [0.29, 0.717) is 0 Å². The first kappa shape index (κ1) is 36.0. The van der Waals surface area contributed by atoms with E-state index in [9.17, 15) is 0 Å². The zero-order valence-corrected chi connectivity index (χ0v) is 12.5. The minimum Gasteiger partial charge on any atom is -0.550 e. The molecule has 0 rings (SSSR count). The van der Waals surface area contributed by atoms with Crippen LogP contribution in [0, 0.1) is 0 Å². The van der Waals surface area contributed by atoms with Gasteiger partial charge >= 0.3 is 18.9 Å². The maximum atomic E-state index is 9.00. The van der Waals surface area contributed by atoms with E-state index in [1.165, 1.54) is 0 Å². The number of carbonyl (C=O) groups excluding carboxylic acids is 1. The molecular weight excluding hydrogens is 262 g/mol. The first-order valence-corrected chi connectivity index (χ1v) is 3.69. The Hall–Kier alpha value is -1.09. The summed E-state index contributed by atoms with van der Waals surface area (Å²) >= 11 is 0. The Labute approximate surface area is 120 Å². The molecule has 1 atom stereocenters. The predicted molar refractivity (Wildman–Crippen MR) is 61.7 cm³/mol. The van der Waals surface area contributed by atoms with Crippen LogP contribution < -0.4 is 24.0 Å². The summed E-state index contributed by atoms with van der Waals surface area (Å²) in [5.41, 5.74) is 0. The van der Waals surface area contributed by atoms with Crippen LogP contribution in [0.25, 0.3) is 0 Å². The van der Waals surface area contributed by atoms with Gasteiger partial charge in [0.2, 0.25) is 0 Å². The molecule has 0 fully saturated rings. The van der Waals surface area contributed by atoms with E-state index in [-0.39, 0.29) is 28.8 Å². The monoisotopic (exact) mass is 280 g/mol. The molecule has 0 bridgehead atoms. The zero-order chi connectivity index (χ0) is 14.3. The van der Waals surface area contributed by atoms with Crippen molar-refractivity contribution in [1.29, 1.82) is 0 Å². The van der Waals surface area contributed by atoms with Crippen molar-refractivity contribution in [3.8, 4) is 0 Å². The standard InChI is InChI=1S/4C2H4O2.Li.H3P/c4*1-2(3)4;;/h4*1H3,(H,3,4);;1H3/q;;;;+1;/p-1. The first-order valence-electron chi connectivity index (χ1n) is 3.69. The van der Waals surface area contributed by atoms with Crippen LogP contribution in [-0.4, -0.2) is 39.2 Å². The van der Waals surface area contributed by atoms with Gasteiger partial charge in [-0.3, -0.25) is 14.4 Å². The molecule has 104 valence electrons. The molecule has 10 heteroatoms. The van der Waals surface area contributed by atoms with Crippen molar-refractivity contribution in [3.63, 3.8) is 0 Å². The summed E-state index contributed by atoms with van der Waals surface area (Å²) in [6.07, 6.45) is 0. The van der Waals surface area contributed by atoms with Crippen LogP contribution >= 0.6 is 9.90 Å². The van der Waals surface area contributed by atoms with Gasteiger partial charge in [-0.15, -0.1) is 0 Å². The molecule has 0 aliphatic heterocycles. The van der Waals surface area contributed by atoms with E-state index in [4.69, 9.17) is 39.6 Å². The molecule has 8 nitrogen and oxygen atoms in total. The van der Waals surface area contributed by atoms with Crippen molar-refractivity contribution in [3.05, 3.63) is 0 Å². The summed E-state index contributed by atoms with van der Waals surface area (Å²) in [6, 6.07) is 0. The first-order chi connectivity index (χ1) is 6.93. The number of carboxylic acids is 4. The minimum atomic E-state index is -1.08. The molecule has 0 saturated heterocycles. The van der Waals surface area contributed by atoms with Gasteiger partial charge in [-0.05, 0) is 6.92 Å². The Kier molecular flexibility index (Phi) is 59.4. The van der Waals surface area contributed by atoms with Gasteiger partial charge in [0.05, 0.1) is 0 Å². The maximum absolute atomic E-state index is 9.00. The van der Waals surface area contributed by atoms with Gasteiger partial charge in [0, 0.05) is 26.7 Å². The van der Waals surface area contributed by atoms with Crippen LogP contribution in [0.2, 0.25) is 0 Å². The van der Waals surface area contributed by atoms with E-state index >= 15 is 0 Å². The summed E-state index contributed by atoms with van der Waals surface area (Å²) in [4.78, 5) is 35.9. The summed E-state index contributed by atoms with van der Waals surface area (Å²) in [6.45, 7) is 4.22. The molecule has 0 aromatic heterocycles. The summed E-state index contributed by atoms with van der Waals surface area (Å²) < 4.78 is 0. The molecule has 0 radical (unpaired) electrons. The minimum absolute atomic E-state index is 0. The second-order valence-electron chi connectivity index (χ2n) is 2.05. The van der Waals surface area contributed by atoms with E-state index in [1.807, 2.05) is 0 Å². The van der Waals surface area contributed by atoms with E-state index in [2.05, 4.69) is 0 Å². The van der Waals surface area contributed by atoms with Crippen molar-refractivity contribution in [2.24, 2.45) is 0 Å². The molecule has 0 aromatic carbocycles. The normalized spacial score (nSPS) is 5.56. The van der Waals surface area contributed by atoms with E-state index in [0.717, 1.165) is 27.7 Å². The number of aliphatic carboxylic acids is 4. The van der Waals surface area contributed by atoms with Crippen molar-refractivity contribution < 1.29 is 58.5 Å². The topological polar surface area (TPSA) is 152 Å². The fourth-order valence-electron chi connectivity index (χ4n) is 0. The fraction of sp³-hybridized carbons (Fsp3) is 0.500. The molecule has 3 N–H and O–H groups in total. The SMILES string of the molecule is CC(=O)O.CC(=O)O.CC(=O)O.CC(=O)[O-].P.[Li+]. The van der Waals surface area contributed by atoms with E-state index < -0.39 is 23.9 Å². The average molecular weight is 280 g/mol. The summed E-state index contributed by atoms with van der Waals surface area (Å²) in [5.74, 6) is -3.58. The Bertz CT molecular complexity index is 167. The second kappa shape index (κ2) is 29.7. The van der Waals surface area contributed by atoms with Gasteiger partial charge in [-0.2, -0.15) is 9.90 Å². The molecule has 0 aliphatic carbocycles. The Morgan fingerprint density at radius 1 is 0.722 bits per heavy atom. The fourth-order valence-corrected chi connectivity index (χ4v) is 0. The number of carbonyl (C=O) groups is 4. The van der Waals surface area contributed by atoms with Gasteiger partial charge in [0.25, 0.3) is 17.9 Å². The number of carboxylic acid groups (broad SMARTS) is 4. The third-order valence-corrected chi connectivity index (χ3v) is 0. The van der Waals surface area contributed by atoms with Crippen molar-refractivity contribution in [1.82, 2.24) is 0 Å². The van der Waals surface area contributed by atoms with Crippen molar-refractivity contribution in [2.75, 3.05) is 0 Å². The maximum Gasteiger partial charge on any atom is 1.00 e. The second-order valence-corrected chi connectivity index (χ2v) is 2.05. The summed E-state index contributed by atoms with van der Waals surface area (Å²) in [5, 5.41) is 31.1. The van der Waals surface area contributed by atoms with Gasteiger partial charge in [0.1, 0.15) is 0 Å². The molecule has 0 heterocycles. The summed E-state index contributed by atoms with van der Waals surface area (Å²) in [7, 11) is 0. The smallest absolute Gasteiger partial charge is 0.550 e.